The molecule has 86 valence electrons. The Hall–Kier alpha value is -0.570. The zero-order valence-electron chi connectivity index (χ0n) is 9.14. The lowest BCUT2D eigenvalue weighted by atomic mass is 9.78. The molecule has 0 spiro atoms. The lowest BCUT2D eigenvalue weighted by molar-refractivity contribution is -0.123. The van der Waals surface area contributed by atoms with Gasteiger partial charge < -0.3 is 5.32 Å². The molecule has 1 fully saturated rings. The van der Waals surface area contributed by atoms with Crippen LogP contribution in [0.25, 0.3) is 0 Å². The van der Waals surface area contributed by atoms with Gasteiger partial charge in [0.25, 0.3) is 0 Å². The number of hydrogen-bond acceptors (Lipinski definition) is 2. The van der Waals surface area contributed by atoms with Crippen LogP contribution in [0, 0.1) is 0 Å². The average molecular weight is 232 g/mol. The van der Waals surface area contributed by atoms with Crippen LogP contribution < -0.4 is 5.32 Å². The van der Waals surface area contributed by atoms with Gasteiger partial charge in [-0.1, -0.05) is 19.3 Å². The molecule has 0 unspecified atom stereocenters. The van der Waals surface area contributed by atoms with E-state index in [1.807, 2.05) is 0 Å². The summed E-state index contributed by atoms with van der Waals surface area (Å²) in [4.78, 5) is 22.5. The van der Waals surface area contributed by atoms with Crippen molar-refractivity contribution in [2.45, 2.75) is 51.0 Å². The molecule has 0 bridgehead atoms. The number of rotatable bonds is 4. The maximum Gasteiger partial charge on any atom is 0.217 e. The number of carbonyl (C=O) groups is 2. The molecule has 0 heterocycles. The fourth-order valence-corrected chi connectivity index (χ4v) is 2.47. The Morgan fingerprint density at radius 3 is 2.33 bits per heavy atom. The van der Waals surface area contributed by atoms with E-state index in [-0.39, 0.29) is 23.1 Å². The molecule has 1 rings (SSSR count). The number of alkyl halides is 1. The second-order valence-corrected chi connectivity index (χ2v) is 4.64. The van der Waals surface area contributed by atoms with E-state index in [1.54, 1.807) is 0 Å². The summed E-state index contributed by atoms with van der Waals surface area (Å²) in [6, 6.07) is 0. The summed E-state index contributed by atoms with van der Waals surface area (Å²) in [6.07, 6.45) is 5.53. The van der Waals surface area contributed by atoms with E-state index in [1.165, 1.54) is 13.3 Å². The smallest absolute Gasteiger partial charge is 0.217 e. The summed E-state index contributed by atoms with van der Waals surface area (Å²) >= 11 is 5.51. The number of Topliss-reactive ketones (excluding diaryl/α,β-unsaturated/α-hetero) is 1. The predicted molar refractivity (Wildman–Crippen MR) is 60.0 cm³/mol. The van der Waals surface area contributed by atoms with Crippen molar-refractivity contribution >= 4 is 23.3 Å². The second kappa shape index (κ2) is 5.50. The fourth-order valence-electron chi connectivity index (χ4n) is 2.37. The monoisotopic (exact) mass is 231 g/mol. The Balaban J connectivity index is 2.65. The maximum atomic E-state index is 11.4. The molecule has 0 aromatic rings. The van der Waals surface area contributed by atoms with Crippen molar-refractivity contribution < 1.29 is 9.59 Å². The first-order chi connectivity index (χ1) is 7.08. The van der Waals surface area contributed by atoms with E-state index in [0.717, 1.165) is 25.7 Å². The summed E-state index contributed by atoms with van der Waals surface area (Å²) in [7, 11) is 0. The van der Waals surface area contributed by atoms with E-state index in [4.69, 9.17) is 11.6 Å². The maximum absolute atomic E-state index is 11.4. The zero-order valence-corrected chi connectivity index (χ0v) is 9.90. The minimum Gasteiger partial charge on any atom is -0.350 e. The van der Waals surface area contributed by atoms with Gasteiger partial charge in [-0.25, -0.2) is 0 Å². The molecule has 1 N–H and O–H groups in total. The Bertz CT molecular complexity index is 247. The number of carbonyl (C=O) groups excluding carboxylic acids is 2. The fraction of sp³-hybridized carbons (Fsp3) is 0.818. The van der Waals surface area contributed by atoms with E-state index >= 15 is 0 Å². The minimum absolute atomic E-state index is 0.0207. The van der Waals surface area contributed by atoms with Crippen molar-refractivity contribution in [3.8, 4) is 0 Å². The molecule has 1 aliphatic carbocycles. The summed E-state index contributed by atoms with van der Waals surface area (Å²) < 4.78 is 0. The van der Waals surface area contributed by atoms with Crippen molar-refractivity contribution in [1.29, 1.82) is 0 Å². The number of nitrogens with one attached hydrogen (secondary N) is 1. The van der Waals surface area contributed by atoms with Crippen molar-refractivity contribution in [1.82, 2.24) is 5.32 Å². The molecule has 0 saturated heterocycles. The highest BCUT2D eigenvalue weighted by Crippen LogP contribution is 2.31. The average Bonchev–Trinajstić information content (AvgIpc) is 2.17. The van der Waals surface area contributed by atoms with E-state index < -0.39 is 0 Å². The summed E-state index contributed by atoms with van der Waals surface area (Å²) in [5, 5.41) is 2.94. The predicted octanol–water partition coefficient (Wildman–Crippen LogP) is 2.02. The van der Waals surface area contributed by atoms with Gasteiger partial charge in [-0.3, -0.25) is 9.59 Å². The molecule has 0 aromatic carbocycles. The molecular weight excluding hydrogens is 214 g/mol. The lowest BCUT2D eigenvalue weighted by Crippen LogP contribution is -2.50. The summed E-state index contributed by atoms with van der Waals surface area (Å²) in [6.45, 7) is 1.50. The molecule has 1 aliphatic rings. The summed E-state index contributed by atoms with van der Waals surface area (Å²) in [5.74, 6) is 0.00743. The van der Waals surface area contributed by atoms with Gasteiger partial charge in [-0.05, 0) is 12.8 Å². The quantitative estimate of drug-likeness (QED) is 0.753. The Morgan fingerprint density at radius 2 is 1.87 bits per heavy atom. The van der Waals surface area contributed by atoms with Crippen LogP contribution in [0.4, 0.5) is 0 Å². The first kappa shape index (κ1) is 12.5. The van der Waals surface area contributed by atoms with Crippen LogP contribution in [0.1, 0.15) is 45.4 Å². The summed E-state index contributed by atoms with van der Waals surface area (Å²) in [5.41, 5.74) is -0.309. The number of hydrogen-bond donors (Lipinski definition) is 1. The first-order valence-corrected chi connectivity index (χ1v) is 5.98. The third-order valence-corrected chi connectivity index (χ3v) is 3.23. The SMILES string of the molecule is CC(=O)NC1(CC(=O)CCl)CCCCC1. The molecule has 0 atom stereocenters. The van der Waals surface area contributed by atoms with Gasteiger partial charge in [0.15, 0.2) is 0 Å². The van der Waals surface area contributed by atoms with E-state index in [0.29, 0.717) is 6.42 Å². The van der Waals surface area contributed by atoms with Gasteiger partial charge in [0, 0.05) is 18.9 Å². The van der Waals surface area contributed by atoms with Crippen LogP contribution in [-0.2, 0) is 9.59 Å². The third kappa shape index (κ3) is 3.82. The van der Waals surface area contributed by atoms with Gasteiger partial charge in [-0.15, -0.1) is 11.6 Å². The normalized spacial score (nSPS) is 19.6. The van der Waals surface area contributed by atoms with Crippen LogP contribution in [-0.4, -0.2) is 23.1 Å². The molecule has 1 amide bonds. The number of ketones is 1. The zero-order chi connectivity index (χ0) is 11.3. The number of amides is 1. The number of halogens is 1. The van der Waals surface area contributed by atoms with Crippen molar-refractivity contribution in [3.05, 3.63) is 0 Å². The topological polar surface area (TPSA) is 46.2 Å². The Morgan fingerprint density at radius 1 is 1.27 bits per heavy atom. The molecular formula is C11H18ClNO2. The van der Waals surface area contributed by atoms with Gasteiger partial charge in [0.05, 0.1) is 5.88 Å². The van der Waals surface area contributed by atoms with Crippen LogP contribution in [0.15, 0.2) is 0 Å². The molecule has 0 aliphatic heterocycles. The molecule has 15 heavy (non-hydrogen) atoms. The van der Waals surface area contributed by atoms with Gasteiger partial charge in [0.1, 0.15) is 5.78 Å². The largest absolute Gasteiger partial charge is 0.350 e. The highest BCUT2D eigenvalue weighted by molar-refractivity contribution is 6.27. The van der Waals surface area contributed by atoms with Crippen molar-refractivity contribution in [3.63, 3.8) is 0 Å². The van der Waals surface area contributed by atoms with Crippen LogP contribution in [0.2, 0.25) is 0 Å². The van der Waals surface area contributed by atoms with Crippen molar-refractivity contribution in [2.75, 3.05) is 5.88 Å². The highest BCUT2D eigenvalue weighted by atomic mass is 35.5. The Kier molecular flexibility index (Phi) is 4.58. The van der Waals surface area contributed by atoms with E-state index in [9.17, 15) is 9.59 Å². The first-order valence-electron chi connectivity index (χ1n) is 5.44. The standard InChI is InChI=1S/C11H18ClNO2/c1-9(14)13-11(7-10(15)8-12)5-3-2-4-6-11/h2-8H2,1H3,(H,13,14). The van der Waals surface area contributed by atoms with Gasteiger partial charge in [0.2, 0.25) is 5.91 Å². The van der Waals surface area contributed by atoms with Crippen molar-refractivity contribution in [2.24, 2.45) is 0 Å². The highest BCUT2D eigenvalue weighted by Gasteiger charge is 2.34. The van der Waals surface area contributed by atoms with Crippen LogP contribution >= 0.6 is 11.6 Å². The van der Waals surface area contributed by atoms with Crippen LogP contribution in [0.5, 0.6) is 0 Å². The molecule has 0 aromatic heterocycles. The lowest BCUT2D eigenvalue weighted by Gasteiger charge is -2.37. The molecule has 3 nitrogen and oxygen atoms in total. The molecule has 1 saturated carbocycles. The third-order valence-electron chi connectivity index (χ3n) is 2.94. The van der Waals surface area contributed by atoms with E-state index in [2.05, 4.69) is 5.32 Å². The van der Waals surface area contributed by atoms with Gasteiger partial charge in [-0.2, -0.15) is 0 Å². The van der Waals surface area contributed by atoms with Gasteiger partial charge >= 0.3 is 0 Å². The molecule has 0 radical (unpaired) electrons. The molecule has 4 heteroatoms. The minimum atomic E-state index is -0.309. The second-order valence-electron chi connectivity index (χ2n) is 4.37. The Labute approximate surface area is 95.6 Å². The van der Waals surface area contributed by atoms with Crippen LogP contribution in [0.3, 0.4) is 0 Å².